The molecule has 2 aromatic carbocycles. The van der Waals surface area contributed by atoms with Gasteiger partial charge in [-0.25, -0.2) is 0 Å². The van der Waals surface area contributed by atoms with Crippen LogP contribution in [0.4, 0.5) is 0 Å². The van der Waals surface area contributed by atoms with Crippen molar-refractivity contribution in [2.75, 3.05) is 13.2 Å². The van der Waals surface area contributed by atoms with Crippen LogP contribution in [0, 0.1) is 0 Å². The van der Waals surface area contributed by atoms with E-state index < -0.39 is 0 Å². The first-order valence-corrected chi connectivity index (χ1v) is 9.94. The molecule has 2 aromatic rings. The standard InChI is InChI=1S/C23H25NO4/c1-15(17-7-9-21-22(14-17)28-12-11-27-21)24-23(26)10-8-20(25)19-6-5-16-3-2-4-18(16)13-19/h5-7,9,13-15H,2-4,8,10-12H2,1H3,(H,24,26)/t15-/m0/s1. The topological polar surface area (TPSA) is 64.6 Å². The van der Waals surface area contributed by atoms with Crippen molar-refractivity contribution in [3.8, 4) is 11.5 Å². The molecule has 1 aliphatic carbocycles. The highest BCUT2D eigenvalue weighted by molar-refractivity contribution is 5.98. The molecule has 0 aromatic heterocycles. The van der Waals surface area contributed by atoms with Crippen molar-refractivity contribution in [1.82, 2.24) is 5.32 Å². The first-order valence-electron chi connectivity index (χ1n) is 9.94. The summed E-state index contributed by atoms with van der Waals surface area (Å²) in [5.41, 5.74) is 4.29. The Kier molecular flexibility index (Phi) is 5.33. The van der Waals surface area contributed by atoms with E-state index in [2.05, 4.69) is 11.4 Å². The lowest BCUT2D eigenvalue weighted by atomic mass is 10.0. The normalized spacial score (nSPS) is 15.6. The van der Waals surface area contributed by atoms with Crippen LogP contribution in [0.15, 0.2) is 36.4 Å². The second kappa shape index (κ2) is 8.05. The molecule has 0 radical (unpaired) electrons. The Labute approximate surface area is 165 Å². The van der Waals surface area contributed by atoms with Gasteiger partial charge >= 0.3 is 0 Å². The Morgan fingerprint density at radius 1 is 0.964 bits per heavy atom. The molecule has 0 bridgehead atoms. The van der Waals surface area contributed by atoms with Crippen molar-refractivity contribution < 1.29 is 19.1 Å². The summed E-state index contributed by atoms with van der Waals surface area (Å²) in [5.74, 6) is 1.33. The number of fused-ring (bicyclic) bond motifs is 2. The Hall–Kier alpha value is -2.82. The summed E-state index contributed by atoms with van der Waals surface area (Å²) in [5, 5.41) is 2.96. The van der Waals surface area contributed by atoms with Gasteiger partial charge in [0.25, 0.3) is 0 Å². The summed E-state index contributed by atoms with van der Waals surface area (Å²) >= 11 is 0. The highest BCUT2D eigenvalue weighted by Crippen LogP contribution is 2.32. The minimum atomic E-state index is -0.168. The fourth-order valence-corrected chi connectivity index (χ4v) is 3.84. The van der Waals surface area contributed by atoms with Crippen LogP contribution in [0.3, 0.4) is 0 Å². The van der Waals surface area contributed by atoms with E-state index in [-0.39, 0.29) is 30.6 Å². The van der Waals surface area contributed by atoms with Crippen molar-refractivity contribution in [3.05, 3.63) is 58.7 Å². The largest absolute Gasteiger partial charge is 0.486 e. The van der Waals surface area contributed by atoms with Crippen molar-refractivity contribution in [2.45, 2.75) is 45.1 Å². The fourth-order valence-electron chi connectivity index (χ4n) is 3.84. The predicted molar refractivity (Wildman–Crippen MR) is 106 cm³/mol. The van der Waals surface area contributed by atoms with Crippen molar-refractivity contribution in [2.24, 2.45) is 0 Å². The molecule has 1 heterocycles. The molecule has 28 heavy (non-hydrogen) atoms. The van der Waals surface area contributed by atoms with Crippen LogP contribution >= 0.6 is 0 Å². The molecule has 1 amide bonds. The molecule has 2 aliphatic rings. The third kappa shape index (κ3) is 4.03. The number of carbonyl (C=O) groups is 2. The van der Waals surface area contributed by atoms with Crippen molar-refractivity contribution in [3.63, 3.8) is 0 Å². The zero-order valence-corrected chi connectivity index (χ0v) is 16.1. The van der Waals surface area contributed by atoms with Crippen molar-refractivity contribution >= 4 is 11.7 Å². The van der Waals surface area contributed by atoms with E-state index >= 15 is 0 Å². The quantitative estimate of drug-likeness (QED) is 0.776. The fraction of sp³-hybridized carbons (Fsp3) is 0.391. The molecule has 0 saturated heterocycles. The second-order valence-corrected chi connectivity index (χ2v) is 7.45. The summed E-state index contributed by atoms with van der Waals surface area (Å²) in [6, 6.07) is 11.5. The van der Waals surface area contributed by atoms with E-state index in [4.69, 9.17) is 9.47 Å². The molecule has 0 unspecified atom stereocenters. The van der Waals surface area contributed by atoms with Gasteiger partial charge < -0.3 is 14.8 Å². The van der Waals surface area contributed by atoms with Gasteiger partial charge in [-0.2, -0.15) is 0 Å². The summed E-state index contributed by atoms with van der Waals surface area (Å²) in [6.07, 6.45) is 3.71. The first kappa shape index (κ1) is 18.5. The van der Waals surface area contributed by atoms with Gasteiger partial charge in [0.05, 0.1) is 6.04 Å². The van der Waals surface area contributed by atoms with Gasteiger partial charge in [0.15, 0.2) is 17.3 Å². The lowest BCUT2D eigenvalue weighted by Gasteiger charge is -2.21. The number of aryl methyl sites for hydroxylation is 2. The minimum absolute atomic E-state index is 0.0248. The predicted octanol–water partition coefficient (Wildman–Crippen LogP) is 3.79. The smallest absolute Gasteiger partial charge is 0.220 e. The molecule has 4 rings (SSSR count). The molecule has 1 atom stereocenters. The highest BCUT2D eigenvalue weighted by atomic mass is 16.6. The molecule has 0 fully saturated rings. The molecule has 146 valence electrons. The SMILES string of the molecule is C[C@H](NC(=O)CCC(=O)c1ccc2c(c1)CCC2)c1ccc2c(c1)OCCO2. The average Bonchev–Trinajstić information content (AvgIpc) is 3.19. The number of rotatable bonds is 6. The van der Waals surface area contributed by atoms with Crippen LogP contribution in [0.2, 0.25) is 0 Å². The van der Waals surface area contributed by atoms with E-state index in [1.807, 2.05) is 37.3 Å². The van der Waals surface area contributed by atoms with Crippen LogP contribution in [0.5, 0.6) is 11.5 Å². The maximum Gasteiger partial charge on any atom is 0.220 e. The molecule has 0 spiro atoms. The van der Waals surface area contributed by atoms with Gasteiger partial charge in [0.1, 0.15) is 13.2 Å². The minimum Gasteiger partial charge on any atom is -0.486 e. The zero-order chi connectivity index (χ0) is 19.5. The lowest BCUT2D eigenvalue weighted by molar-refractivity contribution is -0.121. The van der Waals surface area contributed by atoms with Gasteiger partial charge in [-0.15, -0.1) is 0 Å². The number of hydrogen-bond donors (Lipinski definition) is 1. The number of hydrogen-bond acceptors (Lipinski definition) is 4. The molecule has 5 heteroatoms. The van der Waals surface area contributed by atoms with Gasteiger partial charge in [0.2, 0.25) is 5.91 Å². The average molecular weight is 379 g/mol. The Bertz CT molecular complexity index is 905. The summed E-state index contributed by atoms with van der Waals surface area (Å²) in [4.78, 5) is 24.8. The third-order valence-corrected chi connectivity index (χ3v) is 5.44. The monoisotopic (exact) mass is 379 g/mol. The van der Waals surface area contributed by atoms with E-state index in [0.717, 1.165) is 30.6 Å². The molecule has 1 aliphatic heterocycles. The van der Waals surface area contributed by atoms with Crippen LogP contribution in [0.1, 0.15) is 59.3 Å². The Morgan fingerprint density at radius 2 is 1.75 bits per heavy atom. The zero-order valence-electron chi connectivity index (χ0n) is 16.1. The van der Waals surface area contributed by atoms with Crippen molar-refractivity contribution in [1.29, 1.82) is 0 Å². The van der Waals surface area contributed by atoms with Gasteiger partial charge in [-0.1, -0.05) is 18.2 Å². The summed E-state index contributed by atoms with van der Waals surface area (Å²) < 4.78 is 11.1. The molecular weight excluding hydrogens is 354 g/mol. The number of benzene rings is 2. The number of nitrogens with one attached hydrogen (secondary N) is 1. The van der Waals surface area contributed by atoms with Crippen LogP contribution < -0.4 is 14.8 Å². The maximum absolute atomic E-state index is 12.5. The van der Waals surface area contributed by atoms with E-state index in [0.29, 0.717) is 24.5 Å². The van der Waals surface area contributed by atoms with Crippen LogP contribution in [0.25, 0.3) is 0 Å². The van der Waals surface area contributed by atoms with E-state index in [1.165, 1.54) is 11.1 Å². The lowest BCUT2D eigenvalue weighted by Crippen LogP contribution is -2.27. The summed E-state index contributed by atoms with van der Waals surface area (Å²) in [6.45, 7) is 3.00. The first-order chi connectivity index (χ1) is 13.6. The molecule has 5 nitrogen and oxygen atoms in total. The molecule has 1 N–H and O–H groups in total. The number of carbonyl (C=O) groups excluding carboxylic acids is 2. The summed E-state index contributed by atoms with van der Waals surface area (Å²) in [7, 11) is 0. The Balaban J connectivity index is 1.31. The second-order valence-electron chi connectivity index (χ2n) is 7.45. The molecule has 0 saturated carbocycles. The maximum atomic E-state index is 12.5. The van der Waals surface area contributed by atoms with Gasteiger partial charge in [-0.3, -0.25) is 9.59 Å². The highest BCUT2D eigenvalue weighted by Gasteiger charge is 2.18. The number of Topliss-reactive ketones (excluding diaryl/α,β-unsaturated/α-hetero) is 1. The van der Waals surface area contributed by atoms with Gasteiger partial charge in [-0.05, 0) is 61.1 Å². The Morgan fingerprint density at radius 3 is 2.61 bits per heavy atom. The van der Waals surface area contributed by atoms with Gasteiger partial charge in [0, 0.05) is 18.4 Å². The van der Waals surface area contributed by atoms with E-state index in [1.54, 1.807) is 0 Å². The molecular formula is C23H25NO4. The van der Waals surface area contributed by atoms with Crippen LogP contribution in [-0.2, 0) is 17.6 Å². The number of ketones is 1. The number of amides is 1. The van der Waals surface area contributed by atoms with E-state index in [9.17, 15) is 9.59 Å². The van der Waals surface area contributed by atoms with Crippen LogP contribution in [-0.4, -0.2) is 24.9 Å². The third-order valence-electron chi connectivity index (χ3n) is 5.44. The number of ether oxygens (including phenoxy) is 2.